The average Bonchev–Trinajstić information content (AvgIpc) is 3.27. The van der Waals surface area contributed by atoms with Crippen LogP contribution in [0, 0.1) is 6.92 Å². The number of rotatable bonds is 9. The zero-order valence-electron chi connectivity index (χ0n) is 18.4. The highest BCUT2D eigenvalue weighted by Crippen LogP contribution is 2.28. The maximum absolute atomic E-state index is 12.6. The molecular weight excluding hydrogens is 436 g/mol. The van der Waals surface area contributed by atoms with E-state index in [9.17, 15) is 4.79 Å². The molecule has 2 heterocycles. The largest absolute Gasteiger partial charge is 0.497 e. The first kappa shape index (κ1) is 22.4. The number of nitrogens with zero attached hydrogens (tertiary/aromatic N) is 3. The van der Waals surface area contributed by atoms with Gasteiger partial charge in [0.15, 0.2) is 5.82 Å². The Balaban J connectivity index is 1.38. The van der Waals surface area contributed by atoms with Crippen LogP contribution in [0.2, 0.25) is 0 Å². The van der Waals surface area contributed by atoms with E-state index in [2.05, 4.69) is 19.7 Å². The van der Waals surface area contributed by atoms with E-state index in [0.29, 0.717) is 41.7 Å². The number of aryl methyl sites for hydroxylation is 1. The maximum atomic E-state index is 12.6. The van der Waals surface area contributed by atoms with E-state index in [1.165, 1.54) is 11.5 Å². The highest BCUT2D eigenvalue weighted by molar-refractivity contribution is 7.07. The number of hydrogen-bond acceptors (Lipinski definition) is 7. The SMILES string of the molecule is COc1cccc(Cc2nsc(Oc3cc(C(=O)NCCc4ccccn4)ccc3C)n2)c1. The van der Waals surface area contributed by atoms with Crippen molar-refractivity contribution in [2.45, 2.75) is 19.8 Å². The smallest absolute Gasteiger partial charge is 0.298 e. The molecule has 7 nitrogen and oxygen atoms in total. The third-order valence-corrected chi connectivity index (χ3v) is 5.62. The van der Waals surface area contributed by atoms with Crippen LogP contribution in [0.25, 0.3) is 0 Å². The summed E-state index contributed by atoms with van der Waals surface area (Å²) in [6.45, 7) is 2.43. The second-order valence-corrected chi connectivity index (χ2v) is 8.13. The second-order valence-electron chi connectivity index (χ2n) is 7.41. The van der Waals surface area contributed by atoms with Gasteiger partial charge < -0.3 is 14.8 Å². The fourth-order valence-electron chi connectivity index (χ4n) is 3.21. The number of carbonyl (C=O) groups is 1. The summed E-state index contributed by atoms with van der Waals surface area (Å²) in [7, 11) is 1.64. The van der Waals surface area contributed by atoms with Gasteiger partial charge >= 0.3 is 0 Å². The molecule has 0 atom stereocenters. The van der Waals surface area contributed by atoms with Crippen LogP contribution < -0.4 is 14.8 Å². The van der Waals surface area contributed by atoms with Crippen LogP contribution in [0.3, 0.4) is 0 Å². The number of methoxy groups -OCH3 is 1. The van der Waals surface area contributed by atoms with Gasteiger partial charge in [0.1, 0.15) is 11.5 Å². The number of benzene rings is 2. The summed E-state index contributed by atoms with van der Waals surface area (Å²) in [4.78, 5) is 21.3. The van der Waals surface area contributed by atoms with Crippen LogP contribution in [0.1, 0.15) is 33.0 Å². The molecule has 2 aromatic heterocycles. The normalized spacial score (nSPS) is 10.6. The minimum atomic E-state index is -0.160. The van der Waals surface area contributed by atoms with E-state index in [0.717, 1.165) is 22.6 Å². The van der Waals surface area contributed by atoms with E-state index in [1.807, 2.05) is 55.5 Å². The van der Waals surface area contributed by atoms with Crippen LogP contribution in [0.5, 0.6) is 16.7 Å². The standard InChI is InChI=1S/C25H24N4O3S/c1-17-9-10-19(24(30)27-13-11-20-7-3-4-12-26-20)16-22(17)32-25-28-23(29-33-25)15-18-6-5-8-21(14-18)31-2/h3-10,12,14,16H,11,13,15H2,1-2H3,(H,27,30). The number of amides is 1. The fourth-order valence-corrected chi connectivity index (χ4v) is 3.78. The van der Waals surface area contributed by atoms with E-state index in [4.69, 9.17) is 9.47 Å². The Morgan fingerprint density at radius 2 is 2.00 bits per heavy atom. The van der Waals surface area contributed by atoms with Crippen LogP contribution >= 0.6 is 11.5 Å². The van der Waals surface area contributed by atoms with Crippen molar-refractivity contribution in [3.63, 3.8) is 0 Å². The van der Waals surface area contributed by atoms with Crippen molar-refractivity contribution in [3.8, 4) is 16.7 Å². The Hall–Kier alpha value is -3.78. The number of nitrogens with one attached hydrogen (secondary N) is 1. The molecule has 0 aliphatic heterocycles. The molecule has 4 rings (SSSR count). The van der Waals surface area contributed by atoms with E-state index in [1.54, 1.807) is 25.4 Å². The highest BCUT2D eigenvalue weighted by Gasteiger charge is 2.13. The molecule has 0 saturated carbocycles. The molecule has 1 N–H and O–H groups in total. The fraction of sp³-hybridized carbons (Fsp3) is 0.200. The lowest BCUT2D eigenvalue weighted by Crippen LogP contribution is -2.25. The monoisotopic (exact) mass is 460 g/mol. The first-order chi connectivity index (χ1) is 16.1. The highest BCUT2D eigenvalue weighted by atomic mass is 32.1. The topological polar surface area (TPSA) is 86.2 Å². The molecule has 0 spiro atoms. The Bertz CT molecular complexity index is 1230. The third kappa shape index (κ3) is 6.14. The zero-order chi connectivity index (χ0) is 23.0. The Labute approximate surface area is 196 Å². The number of hydrogen-bond donors (Lipinski definition) is 1. The molecule has 2 aromatic carbocycles. The van der Waals surface area contributed by atoms with Crippen LogP contribution in [-0.4, -0.2) is 33.9 Å². The molecule has 0 unspecified atom stereocenters. The molecule has 168 valence electrons. The number of carbonyl (C=O) groups excluding carboxylic acids is 1. The predicted molar refractivity (Wildman–Crippen MR) is 127 cm³/mol. The van der Waals surface area contributed by atoms with Gasteiger partial charge in [-0.3, -0.25) is 9.78 Å². The summed E-state index contributed by atoms with van der Waals surface area (Å²) in [5.74, 6) is 1.89. The van der Waals surface area contributed by atoms with Gasteiger partial charge in [-0.2, -0.15) is 9.36 Å². The van der Waals surface area contributed by atoms with Crippen molar-refractivity contribution in [2.24, 2.45) is 0 Å². The van der Waals surface area contributed by atoms with Crippen molar-refractivity contribution in [1.29, 1.82) is 0 Å². The van der Waals surface area contributed by atoms with Gasteiger partial charge in [0.05, 0.1) is 7.11 Å². The number of aromatic nitrogens is 3. The molecule has 0 bridgehead atoms. The van der Waals surface area contributed by atoms with Crippen molar-refractivity contribution < 1.29 is 14.3 Å². The van der Waals surface area contributed by atoms with E-state index >= 15 is 0 Å². The van der Waals surface area contributed by atoms with Crippen molar-refractivity contribution >= 4 is 17.4 Å². The van der Waals surface area contributed by atoms with Gasteiger partial charge in [0.25, 0.3) is 11.1 Å². The van der Waals surface area contributed by atoms with Gasteiger partial charge in [-0.15, -0.1) is 0 Å². The quantitative estimate of drug-likeness (QED) is 0.393. The number of pyridine rings is 1. The van der Waals surface area contributed by atoms with Crippen LogP contribution in [-0.2, 0) is 12.8 Å². The Morgan fingerprint density at radius 3 is 2.82 bits per heavy atom. The summed E-state index contributed by atoms with van der Waals surface area (Å²) in [5.41, 5.74) is 3.42. The van der Waals surface area contributed by atoms with E-state index in [-0.39, 0.29) is 5.91 Å². The van der Waals surface area contributed by atoms with Crippen LogP contribution in [0.15, 0.2) is 66.9 Å². The van der Waals surface area contributed by atoms with Gasteiger partial charge in [-0.05, 0) is 54.4 Å². The lowest BCUT2D eigenvalue weighted by Gasteiger charge is -2.09. The molecule has 0 radical (unpaired) electrons. The molecule has 33 heavy (non-hydrogen) atoms. The molecule has 4 aromatic rings. The predicted octanol–water partition coefficient (Wildman–Crippen LogP) is 4.61. The summed E-state index contributed by atoms with van der Waals surface area (Å²) >= 11 is 1.19. The van der Waals surface area contributed by atoms with Crippen LogP contribution in [0.4, 0.5) is 0 Å². The Morgan fingerprint density at radius 1 is 1.09 bits per heavy atom. The molecule has 0 aliphatic carbocycles. The molecule has 1 amide bonds. The van der Waals surface area contributed by atoms with Crippen molar-refractivity contribution in [2.75, 3.05) is 13.7 Å². The second kappa shape index (κ2) is 10.7. The minimum Gasteiger partial charge on any atom is -0.497 e. The van der Waals surface area contributed by atoms with E-state index < -0.39 is 0 Å². The minimum absolute atomic E-state index is 0.160. The lowest BCUT2D eigenvalue weighted by atomic mass is 10.1. The number of ether oxygens (including phenoxy) is 2. The Kier molecular flexibility index (Phi) is 7.26. The molecule has 0 saturated heterocycles. The van der Waals surface area contributed by atoms with Gasteiger partial charge in [0.2, 0.25) is 0 Å². The summed E-state index contributed by atoms with van der Waals surface area (Å²) in [5, 5.41) is 3.36. The van der Waals surface area contributed by atoms with Crippen molar-refractivity contribution in [3.05, 3.63) is 95.1 Å². The van der Waals surface area contributed by atoms with Gasteiger partial charge in [-0.25, -0.2) is 0 Å². The maximum Gasteiger partial charge on any atom is 0.298 e. The summed E-state index contributed by atoms with van der Waals surface area (Å²) in [6, 6.07) is 18.9. The zero-order valence-corrected chi connectivity index (χ0v) is 19.3. The third-order valence-electron chi connectivity index (χ3n) is 4.99. The summed E-state index contributed by atoms with van der Waals surface area (Å²) in [6.07, 6.45) is 2.99. The average molecular weight is 461 g/mol. The van der Waals surface area contributed by atoms with Gasteiger partial charge in [-0.1, -0.05) is 24.3 Å². The first-order valence-corrected chi connectivity index (χ1v) is 11.3. The molecule has 0 fully saturated rings. The molecular formula is C25H24N4O3S. The van der Waals surface area contributed by atoms with Gasteiger partial charge in [0, 0.05) is 48.4 Å². The summed E-state index contributed by atoms with van der Waals surface area (Å²) < 4.78 is 15.6. The van der Waals surface area contributed by atoms with Crippen molar-refractivity contribution in [1.82, 2.24) is 19.7 Å². The molecule has 8 heteroatoms. The first-order valence-electron chi connectivity index (χ1n) is 10.5. The molecule has 0 aliphatic rings. The lowest BCUT2D eigenvalue weighted by molar-refractivity contribution is 0.0953.